The number of hydrogen-bond donors (Lipinski definition) is 1. The number of aromatic nitrogens is 3. The zero-order valence-corrected chi connectivity index (χ0v) is 16.1. The molecule has 0 aliphatic rings. The van der Waals surface area contributed by atoms with Gasteiger partial charge in [0.2, 0.25) is 0 Å². The number of benzene rings is 2. The first-order chi connectivity index (χ1) is 13.1. The molecule has 4 nitrogen and oxygen atoms in total. The van der Waals surface area contributed by atoms with Gasteiger partial charge in [0.25, 0.3) is 0 Å². The van der Waals surface area contributed by atoms with Gasteiger partial charge in [-0.05, 0) is 35.1 Å². The number of nitrogen functional groups attached to an aromatic ring is 1. The number of anilines is 1. The number of pyridine rings is 1. The second-order valence-electron chi connectivity index (χ2n) is 7.36. The van der Waals surface area contributed by atoms with E-state index in [1.54, 1.807) is 11.3 Å². The van der Waals surface area contributed by atoms with Gasteiger partial charge in [-0.15, -0.1) is 11.3 Å². The Hall–Kier alpha value is -2.92. The van der Waals surface area contributed by atoms with Gasteiger partial charge in [-0.3, -0.25) is 0 Å². The first-order valence-electron chi connectivity index (χ1n) is 9.12. The Balaban J connectivity index is 1.80. The van der Waals surface area contributed by atoms with Crippen LogP contribution >= 0.6 is 11.3 Å². The van der Waals surface area contributed by atoms with E-state index in [1.165, 1.54) is 21.2 Å². The number of fused-ring (bicyclic) bond motifs is 4. The van der Waals surface area contributed by atoms with E-state index >= 15 is 0 Å². The Labute approximate surface area is 161 Å². The maximum Gasteiger partial charge on any atom is 0.152 e. The number of rotatable bonds is 3. The molecule has 0 aliphatic carbocycles. The molecule has 3 aromatic heterocycles. The zero-order chi connectivity index (χ0) is 18.5. The molecule has 2 aromatic carbocycles. The second-order valence-corrected chi connectivity index (χ2v) is 8.27. The van der Waals surface area contributed by atoms with Crippen molar-refractivity contribution in [2.24, 2.45) is 5.92 Å². The molecule has 0 aliphatic heterocycles. The Bertz CT molecular complexity index is 1300. The highest BCUT2D eigenvalue weighted by Gasteiger charge is 2.15. The van der Waals surface area contributed by atoms with Gasteiger partial charge in [0, 0.05) is 27.6 Å². The Morgan fingerprint density at radius 3 is 2.81 bits per heavy atom. The van der Waals surface area contributed by atoms with Crippen LogP contribution in [0.5, 0.6) is 0 Å². The van der Waals surface area contributed by atoms with E-state index < -0.39 is 0 Å². The molecule has 0 fully saturated rings. The topological polar surface area (TPSA) is 56.7 Å². The van der Waals surface area contributed by atoms with Crippen LogP contribution < -0.4 is 5.73 Å². The molecule has 0 radical (unpaired) electrons. The van der Waals surface area contributed by atoms with E-state index in [9.17, 15) is 0 Å². The maximum absolute atomic E-state index is 6.19. The van der Waals surface area contributed by atoms with Gasteiger partial charge >= 0.3 is 0 Å². The lowest BCUT2D eigenvalue weighted by Gasteiger charge is -2.11. The van der Waals surface area contributed by atoms with Gasteiger partial charge in [-0.25, -0.2) is 9.97 Å². The van der Waals surface area contributed by atoms with Crippen molar-refractivity contribution in [3.8, 4) is 11.1 Å². The molecular formula is C22H20N4S. The summed E-state index contributed by atoms with van der Waals surface area (Å²) in [5.74, 6) is 1.02. The molecule has 0 spiro atoms. The summed E-state index contributed by atoms with van der Waals surface area (Å²) < 4.78 is 3.51. The molecule has 0 atom stereocenters. The molecule has 3 heterocycles. The standard InChI is InChI=1S/C22H20N4S/c1-13(2)10-26-12-24-20-21(26)16-9-14(7-8-18(16)25-22(20)23)17-11-27-19-6-4-3-5-15(17)19/h3-9,11-13H,10H2,1-2H3,(H2,23,25). The maximum atomic E-state index is 6.19. The summed E-state index contributed by atoms with van der Waals surface area (Å²) in [6.07, 6.45) is 1.88. The quantitative estimate of drug-likeness (QED) is 0.442. The van der Waals surface area contributed by atoms with E-state index in [2.05, 4.69) is 76.2 Å². The van der Waals surface area contributed by atoms with Crippen molar-refractivity contribution < 1.29 is 0 Å². The van der Waals surface area contributed by atoms with Crippen molar-refractivity contribution in [1.82, 2.24) is 14.5 Å². The number of nitrogens with zero attached hydrogens (tertiary/aromatic N) is 3. The molecule has 0 saturated heterocycles. The normalized spacial score (nSPS) is 12.0. The summed E-state index contributed by atoms with van der Waals surface area (Å²) in [5.41, 5.74) is 11.4. The summed E-state index contributed by atoms with van der Waals surface area (Å²) in [6, 6.07) is 15.0. The van der Waals surface area contributed by atoms with Crippen molar-refractivity contribution in [3.05, 3.63) is 54.2 Å². The van der Waals surface area contributed by atoms with Crippen LogP contribution in [0.2, 0.25) is 0 Å². The molecule has 5 rings (SSSR count). The monoisotopic (exact) mass is 372 g/mol. The van der Waals surface area contributed by atoms with Crippen LogP contribution in [0.15, 0.2) is 54.2 Å². The number of hydrogen-bond acceptors (Lipinski definition) is 4. The SMILES string of the molecule is CC(C)Cn1cnc2c(N)nc3ccc(-c4csc5ccccc45)cc3c21. The Morgan fingerprint density at radius 1 is 1.11 bits per heavy atom. The van der Waals surface area contributed by atoms with Crippen molar-refractivity contribution in [1.29, 1.82) is 0 Å². The van der Waals surface area contributed by atoms with Crippen LogP contribution in [-0.2, 0) is 6.54 Å². The van der Waals surface area contributed by atoms with E-state index in [4.69, 9.17) is 5.73 Å². The fraction of sp³-hybridized carbons (Fsp3) is 0.182. The molecule has 27 heavy (non-hydrogen) atoms. The van der Waals surface area contributed by atoms with Crippen LogP contribution in [-0.4, -0.2) is 14.5 Å². The van der Waals surface area contributed by atoms with Crippen molar-refractivity contribution in [2.75, 3.05) is 5.73 Å². The lowest BCUT2D eigenvalue weighted by molar-refractivity contribution is 0.533. The number of imidazole rings is 1. The van der Waals surface area contributed by atoms with Crippen molar-refractivity contribution in [3.63, 3.8) is 0 Å². The Morgan fingerprint density at radius 2 is 1.96 bits per heavy atom. The molecule has 5 heteroatoms. The van der Waals surface area contributed by atoms with E-state index in [-0.39, 0.29) is 0 Å². The second kappa shape index (κ2) is 6.06. The molecule has 0 amide bonds. The van der Waals surface area contributed by atoms with Gasteiger partial charge in [-0.2, -0.15) is 0 Å². The smallest absolute Gasteiger partial charge is 0.152 e. The molecule has 0 saturated carbocycles. The van der Waals surface area contributed by atoms with Gasteiger partial charge in [0.1, 0.15) is 5.52 Å². The first kappa shape index (κ1) is 16.3. The Kier molecular flexibility index (Phi) is 3.65. The molecular weight excluding hydrogens is 352 g/mol. The van der Waals surface area contributed by atoms with E-state index in [1.807, 2.05) is 6.33 Å². The van der Waals surface area contributed by atoms with E-state index in [0.717, 1.165) is 28.5 Å². The van der Waals surface area contributed by atoms with Crippen LogP contribution in [0.4, 0.5) is 5.82 Å². The van der Waals surface area contributed by atoms with Gasteiger partial charge in [-0.1, -0.05) is 38.1 Å². The molecule has 0 bridgehead atoms. The third-order valence-corrected chi connectivity index (χ3v) is 5.89. The number of thiophene rings is 1. The highest BCUT2D eigenvalue weighted by atomic mass is 32.1. The summed E-state index contributed by atoms with van der Waals surface area (Å²) in [7, 11) is 0. The average Bonchev–Trinajstić information content (AvgIpc) is 3.26. The fourth-order valence-electron chi connectivity index (χ4n) is 3.76. The minimum atomic E-state index is 0.494. The largest absolute Gasteiger partial charge is 0.382 e. The van der Waals surface area contributed by atoms with Gasteiger partial charge in [0.05, 0.1) is 17.4 Å². The minimum absolute atomic E-state index is 0.494. The van der Waals surface area contributed by atoms with Crippen molar-refractivity contribution >= 4 is 49.2 Å². The highest BCUT2D eigenvalue weighted by molar-refractivity contribution is 7.17. The summed E-state index contributed by atoms with van der Waals surface area (Å²) in [6.45, 7) is 5.32. The van der Waals surface area contributed by atoms with Gasteiger partial charge < -0.3 is 10.3 Å². The number of nitrogens with two attached hydrogens (primary N) is 1. The fourth-order valence-corrected chi connectivity index (χ4v) is 4.73. The predicted molar refractivity (Wildman–Crippen MR) is 115 cm³/mol. The minimum Gasteiger partial charge on any atom is -0.382 e. The lowest BCUT2D eigenvalue weighted by atomic mass is 10.0. The molecule has 0 unspecified atom stereocenters. The highest BCUT2D eigenvalue weighted by Crippen LogP contribution is 2.36. The molecule has 2 N–H and O–H groups in total. The summed E-state index contributed by atoms with van der Waals surface area (Å²) in [4.78, 5) is 9.13. The predicted octanol–water partition coefficient (Wildman–Crippen LogP) is 5.70. The van der Waals surface area contributed by atoms with E-state index in [0.29, 0.717) is 11.7 Å². The van der Waals surface area contributed by atoms with Crippen molar-refractivity contribution in [2.45, 2.75) is 20.4 Å². The van der Waals surface area contributed by atoms with Crippen LogP contribution in [0, 0.1) is 5.92 Å². The lowest BCUT2D eigenvalue weighted by Crippen LogP contribution is -2.03. The van der Waals surface area contributed by atoms with Gasteiger partial charge in [0.15, 0.2) is 5.82 Å². The first-order valence-corrected chi connectivity index (χ1v) is 10.0. The van der Waals surface area contributed by atoms with Crippen LogP contribution in [0.25, 0.3) is 43.1 Å². The summed E-state index contributed by atoms with van der Waals surface area (Å²) >= 11 is 1.78. The molecule has 5 aromatic rings. The summed E-state index contributed by atoms with van der Waals surface area (Å²) in [5, 5.41) is 4.63. The third-order valence-electron chi connectivity index (χ3n) is 4.93. The molecule has 134 valence electrons. The average molecular weight is 372 g/mol. The zero-order valence-electron chi connectivity index (χ0n) is 15.3. The van der Waals surface area contributed by atoms with Crippen LogP contribution in [0.3, 0.4) is 0 Å². The third kappa shape index (κ3) is 2.58. The van der Waals surface area contributed by atoms with Crippen LogP contribution in [0.1, 0.15) is 13.8 Å².